The van der Waals surface area contributed by atoms with Gasteiger partial charge in [-0.05, 0) is 37.1 Å². The number of aryl methyl sites for hydroxylation is 1. The second kappa shape index (κ2) is 5.98. The third kappa shape index (κ3) is 2.53. The molecule has 7 nitrogen and oxygen atoms in total. The van der Waals surface area contributed by atoms with Gasteiger partial charge in [-0.15, -0.1) is 0 Å². The third-order valence-electron chi connectivity index (χ3n) is 6.49. The van der Waals surface area contributed by atoms with E-state index in [1.807, 2.05) is 0 Å². The molecule has 0 bridgehead atoms. The summed E-state index contributed by atoms with van der Waals surface area (Å²) in [5, 5.41) is 0.198. The predicted octanol–water partition coefficient (Wildman–Crippen LogP) is 2.31. The van der Waals surface area contributed by atoms with Gasteiger partial charge in [0.2, 0.25) is 0 Å². The number of anilines is 1. The van der Waals surface area contributed by atoms with Crippen LogP contribution >= 0.6 is 0 Å². The molecule has 2 aliphatic heterocycles. The van der Waals surface area contributed by atoms with Crippen molar-refractivity contribution >= 4 is 26.4 Å². The van der Waals surface area contributed by atoms with Crippen LogP contribution in [0.1, 0.15) is 17.0 Å². The molecule has 0 atom stereocenters. The number of nitrogens with one attached hydrogen (secondary N) is 1. The lowest BCUT2D eigenvalue weighted by molar-refractivity contribution is -0.127. The van der Waals surface area contributed by atoms with Gasteiger partial charge in [0.1, 0.15) is 5.52 Å². The lowest BCUT2D eigenvalue weighted by atomic mass is 9.77. The van der Waals surface area contributed by atoms with Gasteiger partial charge in [-0.2, -0.15) is 0 Å². The van der Waals surface area contributed by atoms with Crippen LogP contribution in [0.5, 0.6) is 0 Å². The fraction of sp³-hybridized carbons (Fsp3) is 0.409. The zero-order valence-electron chi connectivity index (χ0n) is 19.2. The van der Waals surface area contributed by atoms with E-state index in [2.05, 4.69) is 9.88 Å². The smallest absolute Gasteiger partial charge is 0.274 e. The first-order chi connectivity index (χ1) is 15.6. The van der Waals surface area contributed by atoms with Crippen LogP contribution in [0.4, 0.5) is 5.69 Å². The van der Waals surface area contributed by atoms with Crippen molar-refractivity contribution in [3.8, 4) is 11.1 Å². The van der Waals surface area contributed by atoms with E-state index in [0.29, 0.717) is 42.6 Å². The largest absolute Gasteiger partial charge is 0.380 e. The summed E-state index contributed by atoms with van der Waals surface area (Å²) in [6.07, 6.45) is 4.23. The topological polar surface area (TPSA) is 84.4 Å². The Bertz CT molecular complexity index is 1440. The number of fused-ring (bicyclic) bond motifs is 1. The molecular weight excluding hydrogens is 402 g/mol. The number of pyridine rings is 1. The monoisotopic (exact) mass is 428 g/mol. The van der Waals surface area contributed by atoms with Gasteiger partial charge in [-0.25, -0.2) is 8.42 Å². The van der Waals surface area contributed by atoms with E-state index in [1.54, 1.807) is 30.5 Å². The van der Waals surface area contributed by atoms with Crippen molar-refractivity contribution in [3.63, 3.8) is 0 Å². The first-order valence-corrected chi connectivity index (χ1v) is 11.6. The second-order valence-electron chi connectivity index (χ2n) is 8.76. The van der Waals surface area contributed by atoms with Crippen LogP contribution in [-0.4, -0.2) is 49.5 Å². The summed E-state index contributed by atoms with van der Waals surface area (Å²) in [6.45, 7) is 0.304. The van der Waals surface area contributed by atoms with Crippen LogP contribution in [0, 0.1) is 5.41 Å². The summed E-state index contributed by atoms with van der Waals surface area (Å²) in [5.41, 5.74) is 1.61. The zero-order chi connectivity index (χ0) is 23.2. The number of aromatic nitrogens is 2. The Hall–Kier alpha value is -2.58. The van der Waals surface area contributed by atoms with E-state index in [-0.39, 0.29) is 21.1 Å². The van der Waals surface area contributed by atoms with Gasteiger partial charge >= 0.3 is 0 Å². The number of sulfone groups is 1. The Morgan fingerprint density at radius 3 is 2.67 bits per heavy atom. The average molecular weight is 429 g/mol. The van der Waals surface area contributed by atoms with Crippen LogP contribution in [0.15, 0.2) is 46.3 Å². The van der Waals surface area contributed by atoms with Crippen molar-refractivity contribution in [2.75, 3.05) is 31.2 Å². The maximum absolute atomic E-state index is 13.0. The molecule has 30 heavy (non-hydrogen) atoms. The van der Waals surface area contributed by atoms with Gasteiger partial charge in [0.25, 0.3) is 5.56 Å². The lowest BCUT2D eigenvalue weighted by Gasteiger charge is -2.56. The molecule has 1 aromatic carbocycles. The van der Waals surface area contributed by atoms with Gasteiger partial charge in [0.05, 0.1) is 28.8 Å². The maximum Gasteiger partial charge on any atom is 0.274 e. The first kappa shape index (κ1) is 15.3. The summed E-state index contributed by atoms with van der Waals surface area (Å²) < 4.78 is 55.7. The number of rotatable bonds is 4. The molecule has 4 heterocycles. The molecule has 8 heteroatoms. The first-order valence-electron chi connectivity index (χ1n) is 11.5. The fourth-order valence-corrected chi connectivity index (χ4v) is 6.31. The molecule has 1 aliphatic carbocycles. The average Bonchev–Trinajstić information content (AvgIpc) is 3.44. The van der Waals surface area contributed by atoms with Crippen molar-refractivity contribution < 1.29 is 17.3 Å². The van der Waals surface area contributed by atoms with Crippen LogP contribution in [0.25, 0.3) is 22.0 Å². The fourth-order valence-electron chi connectivity index (χ4n) is 4.62. The van der Waals surface area contributed by atoms with E-state index in [1.165, 1.54) is 6.20 Å². The molecule has 0 amide bonds. The highest BCUT2D eigenvalue weighted by atomic mass is 32.2. The molecule has 1 saturated carbocycles. The summed E-state index contributed by atoms with van der Waals surface area (Å²) in [4.78, 5) is 18.1. The molecule has 1 spiro atoms. The molecule has 2 saturated heterocycles. The van der Waals surface area contributed by atoms with Crippen LogP contribution in [0.3, 0.4) is 0 Å². The normalized spacial score (nSPS) is 22.3. The van der Waals surface area contributed by atoms with Gasteiger partial charge < -0.3 is 19.2 Å². The number of benzene rings is 1. The summed E-state index contributed by atoms with van der Waals surface area (Å²) >= 11 is 0. The SMILES string of the molecule is [2H]C([2H])([2H])n1cc(-c2cc(S(=O)(=O)C3CC3)ccc2N2CC3(COC3)C2)c2cc[nH]c2c1=O. The Labute approximate surface area is 178 Å². The molecule has 0 radical (unpaired) electrons. The highest BCUT2D eigenvalue weighted by Gasteiger charge is 2.49. The minimum Gasteiger partial charge on any atom is -0.380 e. The number of ether oxygens (including phenoxy) is 1. The van der Waals surface area contributed by atoms with E-state index in [0.717, 1.165) is 23.3 Å². The maximum atomic E-state index is 13.0. The summed E-state index contributed by atoms with van der Waals surface area (Å²) in [7, 11) is -3.46. The number of hydrogen-bond donors (Lipinski definition) is 1. The van der Waals surface area contributed by atoms with Gasteiger partial charge in [-0.3, -0.25) is 4.79 Å². The molecule has 3 fully saturated rings. The molecule has 156 valence electrons. The standard InChI is InChI=1S/C22H23N3O4S/c1-24-9-18(16-6-7-23-20(16)21(24)26)17-8-15(30(27,28)14-2-3-14)4-5-19(17)25-10-22(11-25)12-29-13-22/h4-9,14,23H,2-3,10-13H2,1H3/i1D3. The summed E-state index contributed by atoms with van der Waals surface area (Å²) in [6, 6.07) is 6.81. The molecule has 1 N–H and O–H groups in total. The molecule has 3 aliphatic rings. The molecule has 0 unspecified atom stereocenters. The zero-order valence-corrected chi connectivity index (χ0v) is 17.0. The predicted molar refractivity (Wildman–Crippen MR) is 115 cm³/mol. The third-order valence-corrected chi connectivity index (χ3v) is 8.75. The number of aromatic amines is 1. The Kier molecular flexibility index (Phi) is 3.04. The number of nitrogens with zero attached hydrogens (tertiary/aromatic N) is 2. The van der Waals surface area contributed by atoms with Crippen molar-refractivity contribution in [1.29, 1.82) is 0 Å². The molecule has 6 rings (SSSR count). The van der Waals surface area contributed by atoms with Crippen molar-refractivity contribution in [1.82, 2.24) is 9.55 Å². The Morgan fingerprint density at radius 2 is 2.00 bits per heavy atom. The van der Waals surface area contributed by atoms with Crippen LogP contribution < -0.4 is 10.5 Å². The number of hydrogen-bond acceptors (Lipinski definition) is 5. The lowest BCUT2D eigenvalue weighted by Crippen LogP contribution is -2.66. The second-order valence-corrected chi connectivity index (χ2v) is 11.0. The van der Waals surface area contributed by atoms with E-state index in [4.69, 9.17) is 8.85 Å². The van der Waals surface area contributed by atoms with E-state index < -0.39 is 22.4 Å². The van der Waals surface area contributed by atoms with Gasteiger partial charge in [0, 0.05) is 58.8 Å². The Balaban J connectivity index is 1.57. The van der Waals surface area contributed by atoms with Crippen LogP contribution in [-0.2, 0) is 21.5 Å². The van der Waals surface area contributed by atoms with E-state index >= 15 is 0 Å². The number of H-pyrrole nitrogens is 1. The molecular formula is C22H23N3O4S. The summed E-state index contributed by atoms with van der Waals surface area (Å²) in [5.74, 6) is 0. The van der Waals surface area contributed by atoms with Crippen molar-refractivity contribution in [2.24, 2.45) is 12.4 Å². The minimum absolute atomic E-state index is 0.136. The minimum atomic E-state index is -3.46. The van der Waals surface area contributed by atoms with E-state index in [9.17, 15) is 13.2 Å². The van der Waals surface area contributed by atoms with Crippen LogP contribution in [0.2, 0.25) is 0 Å². The molecule has 2 aromatic heterocycles. The highest BCUT2D eigenvalue weighted by molar-refractivity contribution is 7.92. The van der Waals surface area contributed by atoms with Crippen molar-refractivity contribution in [2.45, 2.75) is 23.0 Å². The molecule has 3 aromatic rings. The van der Waals surface area contributed by atoms with Crippen molar-refractivity contribution in [3.05, 3.63) is 47.0 Å². The van der Waals surface area contributed by atoms with Gasteiger partial charge in [0.15, 0.2) is 9.84 Å². The Morgan fingerprint density at radius 1 is 1.20 bits per heavy atom. The van der Waals surface area contributed by atoms with Gasteiger partial charge in [-0.1, -0.05) is 0 Å². The quantitative estimate of drug-likeness (QED) is 0.689. The highest BCUT2D eigenvalue weighted by Crippen LogP contribution is 2.45.